The third-order valence-corrected chi connectivity index (χ3v) is 4.14. The molecule has 30 heavy (non-hydrogen) atoms. The van der Waals surface area contributed by atoms with Crippen LogP contribution in [0.3, 0.4) is 0 Å². The van der Waals surface area contributed by atoms with E-state index in [1.807, 2.05) is 46.8 Å². The average molecular weight is 416 g/mol. The average Bonchev–Trinajstić information content (AvgIpc) is 2.57. The van der Waals surface area contributed by atoms with Gasteiger partial charge in [0.2, 0.25) is 5.91 Å². The van der Waals surface area contributed by atoms with Gasteiger partial charge in [-0.15, -0.1) is 0 Å². The van der Waals surface area contributed by atoms with E-state index in [-0.39, 0.29) is 0 Å². The second-order valence-electron chi connectivity index (χ2n) is 9.18. The lowest BCUT2D eigenvalue weighted by atomic mass is 9.95. The smallest absolute Gasteiger partial charge is 0.408 e. The van der Waals surface area contributed by atoms with Crippen molar-refractivity contribution < 1.29 is 19.1 Å². The highest BCUT2D eigenvalue weighted by molar-refractivity contribution is 5.92. The summed E-state index contributed by atoms with van der Waals surface area (Å²) < 4.78 is 5.14. The largest absolute Gasteiger partial charge is 0.444 e. The molecule has 0 heterocycles. The van der Waals surface area contributed by atoms with Crippen LogP contribution in [0.2, 0.25) is 0 Å². The second-order valence-corrected chi connectivity index (χ2v) is 9.18. The fraction of sp³-hybridized carbons (Fsp3) is 0.522. The van der Waals surface area contributed by atoms with Gasteiger partial charge in [-0.25, -0.2) is 4.79 Å². The number of rotatable bonds is 5. The summed E-state index contributed by atoms with van der Waals surface area (Å²) in [5.74, 6) is -1.00. The van der Waals surface area contributed by atoms with Crippen molar-refractivity contribution in [3.8, 4) is 12.5 Å². The topological polar surface area (TPSA) is 87.7 Å². The van der Waals surface area contributed by atoms with Crippen LogP contribution in [0.5, 0.6) is 0 Å². The van der Waals surface area contributed by atoms with Crippen LogP contribution in [0, 0.1) is 26.3 Å². The number of carbonyl (C=O) groups is 3. The van der Waals surface area contributed by atoms with Crippen molar-refractivity contribution in [2.24, 2.45) is 0 Å². The molecule has 1 aromatic carbocycles. The van der Waals surface area contributed by atoms with E-state index >= 15 is 0 Å². The van der Waals surface area contributed by atoms with Crippen molar-refractivity contribution in [1.82, 2.24) is 15.5 Å². The summed E-state index contributed by atoms with van der Waals surface area (Å²) in [6.45, 7) is 14.1. The lowest BCUT2D eigenvalue weighted by Gasteiger charge is -2.31. The van der Waals surface area contributed by atoms with Crippen molar-refractivity contribution in [3.05, 3.63) is 34.9 Å². The molecule has 0 spiro atoms. The maximum Gasteiger partial charge on any atom is 0.408 e. The van der Waals surface area contributed by atoms with Gasteiger partial charge < -0.3 is 15.4 Å². The Morgan fingerprint density at radius 3 is 2.23 bits per heavy atom. The lowest BCUT2D eigenvalue weighted by Crippen LogP contribution is -2.50. The Bertz CT molecular complexity index is 841. The molecule has 0 bridgehead atoms. The molecular weight excluding hydrogens is 382 g/mol. The van der Waals surface area contributed by atoms with Gasteiger partial charge in [-0.05, 0) is 72.1 Å². The van der Waals surface area contributed by atoms with Crippen molar-refractivity contribution in [1.29, 1.82) is 0 Å². The minimum absolute atomic E-state index is 0.400. The van der Waals surface area contributed by atoms with E-state index in [0.29, 0.717) is 5.56 Å². The van der Waals surface area contributed by atoms with Gasteiger partial charge in [-0.3, -0.25) is 14.5 Å². The third-order valence-electron chi connectivity index (χ3n) is 4.14. The summed E-state index contributed by atoms with van der Waals surface area (Å²) >= 11 is 0. The normalized spacial score (nSPS) is 12.4. The maximum atomic E-state index is 13.1. The zero-order valence-corrected chi connectivity index (χ0v) is 19.2. The standard InChI is InChI=1S/C23H33N3O4/c1-10-26(18(27)14-24-21(29)30-23(7,8)9)19(20(28)25-22(4,5)6)17-13-11-12-15(2)16(17)3/h1,11-13,19H,14H2,2-9H3,(H,24,29)(H,25,28). The number of carbonyl (C=O) groups excluding carboxylic acids is 3. The van der Waals surface area contributed by atoms with Crippen LogP contribution in [-0.2, 0) is 14.3 Å². The van der Waals surface area contributed by atoms with Gasteiger partial charge in [0.1, 0.15) is 18.2 Å². The molecule has 0 fully saturated rings. The molecule has 3 amide bonds. The summed E-state index contributed by atoms with van der Waals surface area (Å²) in [6.07, 6.45) is 4.90. The number of aryl methyl sites for hydroxylation is 1. The first kappa shape index (κ1) is 25.0. The predicted molar refractivity (Wildman–Crippen MR) is 116 cm³/mol. The van der Waals surface area contributed by atoms with E-state index < -0.39 is 41.6 Å². The van der Waals surface area contributed by atoms with Gasteiger partial charge in [-0.2, -0.15) is 0 Å². The summed E-state index contributed by atoms with van der Waals surface area (Å²) in [4.78, 5) is 38.9. The molecule has 0 saturated carbocycles. The molecule has 0 aliphatic carbocycles. The summed E-state index contributed by atoms with van der Waals surface area (Å²) in [7, 11) is 0. The first-order valence-corrected chi connectivity index (χ1v) is 9.79. The predicted octanol–water partition coefficient (Wildman–Crippen LogP) is 3.20. The zero-order chi connectivity index (χ0) is 23.3. The Balaban J connectivity index is 3.21. The third kappa shape index (κ3) is 7.43. The van der Waals surface area contributed by atoms with E-state index in [2.05, 4.69) is 16.7 Å². The second kappa shape index (κ2) is 9.66. The SMILES string of the molecule is C#CN(C(=O)CNC(=O)OC(C)(C)C)C(C(=O)NC(C)(C)C)c1cccc(C)c1C. The number of nitrogens with zero attached hydrogens (tertiary/aromatic N) is 1. The Morgan fingerprint density at radius 1 is 1.13 bits per heavy atom. The number of benzene rings is 1. The molecule has 2 N–H and O–H groups in total. The van der Waals surface area contributed by atoms with Gasteiger partial charge in [0, 0.05) is 11.6 Å². The molecule has 0 saturated heterocycles. The van der Waals surface area contributed by atoms with E-state index in [9.17, 15) is 14.4 Å². The highest BCUT2D eigenvalue weighted by Crippen LogP contribution is 2.27. The quantitative estimate of drug-likeness (QED) is 0.571. The monoisotopic (exact) mass is 415 g/mol. The molecule has 7 heteroatoms. The molecular formula is C23H33N3O4. The van der Waals surface area contributed by atoms with Crippen LogP contribution >= 0.6 is 0 Å². The minimum atomic E-state index is -1.04. The van der Waals surface area contributed by atoms with E-state index in [1.54, 1.807) is 26.8 Å². The molecule has 164 valence electrons. The Labute approximate surface area is 179 Å². The molecule has 0 aliphatic heterocycles. The molecule has 7 nitrogen and oxygen atoms in total. The van der Waals surface area contributed by atoms with Crippen LogP contribution in [0.1, 0.15) is 64.3 Å². The van der Waals surface area contributed by atoms with Crippen LogP contribution in [0.4, 0.5) is 4.79 Å². The number of terminal acetylenes is 1. The summed E-state index contributed by atoms with van der Waals surface area (Å²) in [5.41, 5.74) is 1.23. The summed E-state index contributed by atoms with van der Waals surface area (Å²) in [5, 5.41) is 5.28. The Morgan fingerprint density at radius 2 is 1.73 bits per heavy atom. The fourth-order valence-corrected chi connectivity index (χ4v) is 2.74. The minimum Gasteiger partial charge on any atom is -0.444 e. The number of amides is 3. The first-order valence-electron chi connectivity index (χ1n) is 9.79. The maximum absolute atomic E-state index is 13.1. The fourth-order valence-electron chi connectivity index (χ4n) is 2.74. The summed E-state index contributed by atoms with van der Waals surface area (Å²) in [6, 6.07) is 6.78. The number of hydrogen-bond donors (Lipinski definition) is 2. The molecule has 1 aromatic rings. The molecule has 0 aromatic heterocycles. The molecule has 0 aliphatic rings. The highest BCUT2D eigenvalue weighted by atomic mass is 16.6. The van der Waals surface area contributed by atoms with Crippen LogP contribution < -0.4 is 10.6 Å². The van der Waals surface area contributed by atoms with Crippen molar-refractivity contribution >= 4 is 17.9 Å². The van der Waals surface area contributed by atoms with Gasteiger partial charge in [0.15, 0.2) is 0 Å². The van der Waals surface area contributed by atoms with Crippen molar-refractivity contribution in [2.45, 2.75) is 72.6 Å². The number of ether oxygens (including phenoxy) is 1. The van der Waals surface area contributed by atoms with E-state index in [1.165, 1.54) is 0 Å². The van der Waals surface area contributed by atoms with Crippen LogP contribution in [0.25, 0.3) is 0 Å². The van der Waals surface area contributed by atoms with Gasteiger partial charge in [0.25, 0.3) is 5.91 Å². The zero-order valence-electron chi connectivity index (χ0n) is 19.2. The van der Waals surface area contributed by atoms with Gasteiger partial charge >= 0.3 is 6.09 Å². The van der Waals surface area contributed by atoms with E-state index in [4.69, 9.17) is 11.2 Å². The molecule has 1 atom stereocenters. The van der Waals surface area contributed by atoms with Gasteiger partial charge in [0.05, 0.1) is 0 Å². The molecule has 0 radical (unpaired) electrons. The van der Waals surface area contributed by atoms with Crippen LogP contribution in [0.15, 0.2) is 18.2 Å². The first-order chi connectivity index (χ1) is 13.7. The van der Waals surface area contributed by atoms with Crippen molar-refractivity contribution in [3.63, 3.8) is 0 Å². The number of hydrogen-bond acceptors (Lipinski definition) is 4. The Kier molecular flexibility index (Phi) is 8.06. The van der Waals surface area contributed by atoms with Gasteiger partial charge in [-0.1, -0.05) is 24.6 Å². The Hall–Kier alpha value is -3.01. The van der Waals surface area contributed by atoms with E-state index in [0.717, 1.165) is 16.0 Å². The van der Waals surface area contributed by atoms with Crippen molar-refractivity contribution in [2.75, 3.05) is 6.54 Å². The molecule has 1 unspecified atom stereocenters. The lowest BCUT2D eigenvalue weighted by molar-refractivity contribution is -0.137. The number of alkyl carbamates (subject to hydrolysis) is 1. The number of nitrogens with one attached hydrogen (secondary N) is 2. The highest BCUT2D eigenvalue weighted by Gasteiger charge is 2.34. The van der Waals surface area contributed by atoms with Crippen LogP contribution in [-0.4, -0.2) is 40.5 Å². The molecule has 1 rings (SSSR count).